The van der Waals surface area contributed by atoms with Crippen LogP contribution in [0.1, 0.15) is 10.4 Å². The molecule has 4 aromatic carbocycles. The van der Waals surface area contributed by atoms with Gasteiger partial charge in [-0.05, 0) is 66.2 Å². The van der Waals surface area contributed by atoms with Crippen LogP contribution >= 0.6 is 11.3 Å². The van der Waals surface area contributed by atoms with Crippen molar-refractivity contribution in [2.24, 2.45) is 0 Å². The lowest BCUT2D eigenvalue weighted by molar-refractivity contribution is 0.102. The van der Waals surface area contributed by atoms with Crippen molar-refractivity contribution in [3.8, 4) is 21.7 Å². The van der Waals surface area contributed by atoms with Gasteiger partial charge in [-0.15, -0.1) is 11.3 Å². The second-order valence-electron chi connectivity index (χ2n) is 8.08. The van der Waals surface area contributed by atoms with Gasteiger partial charge in [0.1, 0.15) is 10.6 Å². The molecule has 168 valence electrons. The van der Waals surface area contributed by atoms with Gasteiger partial charge in [-0.3, -0.25) is 4.79 Å². The van der Waals surface area contributed by atoms with Crippen LogP contribution in [-0.2, 0) is 0 Å². The van der Waals surface area contributed by atoms with Gasteiger partial charge >= 0.3 is 5.63 Å². The highest BCUT2D eigenvalue weighted by Gasteiger charge is 2.11. The lowest BCUT2D eigenvalue weighted by Crippen LogP contribution is -2.11. The van der Waals surface area contributed by atoms with Crippen LogP contribution in [0.25, 0.3) is 42.9 Å². The molecule has 0 bridgehead atoms. The van der Waals surface area contributed by atoms with Crippen LogP contribution in [0.4, 0.5) is 5.69 Å². The third kappa shape index (κ3) is 4.11. The molecule has 1 N–H and O–H groups in total. The Hall–Kier alpha value is -4.55. The van der Waals surface area contributed by atoms with Crippen molar-refractivity contribution < 1.29 is 9.21 Å². The summed E-state index contributed by atoms with van der Waals surface area (Å²) in [4.78, 5) is 29.9. The minimum atomic E-state index is -0.408. The van der Waals surface area contributed by atoms with Gasteiger partial charge in [-0.2, -0.15) is 0 Å². The van der Waals surface area contributed by atoms with Crippen LogP contribution < -0.4 is 10.9 Å². The Labute approximate surface area is 204 Å². The van der Waals surface area contributed by atoms with E-state index in [9.17, 15) is 9.59 Å². The highest BCUT2D eigenvalue weighted by atomic mass is 32.1. The number of hydrogen-bond donors (Lipinski definition) is 1. The first-order chi connectivity index (χ1) is 17.1. The lowest BCUT2D eigenvalue weighted by atomic mass is 10.0. The quantitative estimate of drug-likeness (QED) is 0.280. The molecule has 6 rings (SSSR count). The fourth-order valence-corrected chi connectivity index (χ4v) is 4.93. The van der Waals surface area contributed by atoms with Crippen molar-refractivity contribution in [1.82, 2.24) is 4.98 Å². The van der Waals surface area contributed by atoms with Gasteiger partial charge in [-0.1, -0.05) is 42.5 Å². The van der Waals surface area contributed by atoms with E-state index >= 15 is 0 Å². The number of nitrogens with one attached hydrogen (secondary N) is 1. The van der Waals surface area contributed by atoms with Crippen LogP contribution in [0.3, 0.4) is 0 Å². The molecule has 35 heavy (non-hydrogen) atoms. The first-order valence-electron chi connectivity index (χ1n) is 11.0. The van der Waals surface area contributed by atoms with E-state index in [-0.39, 0.29) is 5.91 Å². The Kier molecular flexibility index (Phi) is 5.20. The van der Waals surface area contributed by atoms with Crippen LogP contribution in [0.15, 0.2) is 112 Å². The van der Waals surface area contributed by atoms with Crippen molar-refractivity contribution in [2.75, 3.05) is 5.32 Å². The number of carbonyl (C=O) groups excluding carboxylic acids is 1. The Morgan fingerprint density at radius 2 is 1.51 bits per heavy atom. The molecule has 0 fully saturated rings. The van der Waals surface area contributed by atoms with Crippen molar-refractivity contribution in [1.29, 1.82) is 0 Å². The monoisotopic (exact) mass is 474 g/mol. The summed E-state index contributed by atoms with van der Waals surface area (Å²) >= 11 is 1.64. The SMILES string of the molecule is O=C(Nc1ccc(-c2nc3ccccc3s2)cc1)c1ccc(-c2cc3ccccc3oc2=O)cc1. The van der Waals surface area contributed by atoms with Gasteiger partial charge in [0.05, 0.1) is 15.8 Å². The minimum absolute atomic E-state index is 0.227. The van der Waals surface area contributed by atoms with Crippen molar-refractivity contribution >= 4 is 44.1 Å². The third-order valence-corrected chi connectivity index (χ3v) is 6.87. The fraction of sp³-hybridized carbons (Fsp3) is 0. The smallest absolute Gasteiger partial charge is 0.344 e. The maximum atomic E-state index is 12.8. The van der Waals surface area contributed by atoms with Crippen LogP contribution in [-0.4, -0.2) is 10.9 Å². The Bertz CT molecular complexity index is 1720. The summed E-state index contributed by atoms with van der Waals surface area (Å²) in [5.41, 5.74) is 4.47. The molecule has 1 amide bonds. The number of fused-ring (bicyclic) bond motifs is 2. The largest absolute Gasteiger partial charge is 0.422 e. The zero-order valence-corrected chi connectivity index (χ0v) is 19.2. The van der Waals surface area contributed by atoms with E-state index in [1.54, 1.807) is 41.7 Å². The average molecular weight is 475 g/mol. The molecule has 0 spiro atoms. The van der Waals surface area contributed by atoms with E-state index in [0.29, 0.717) is 28.0 Å². The van der Waals surface area contributed by atoms with E-state index in [2.05, 4.69) is 16.4 Å². The maximum absolute atomic E-state index is 12.8. The molecule has 0 radical (unpaired) electrons. The second kappa shape index (κ2) is 8.66. The van der Waals surface area contributed by atoms with E-state index in [1.807, 2.05) is 66.7 Å². The number of carbonyl (C=O) groups is 1. The molecule has 2 aromatic heterocycles. The van der Waals surface area contributed by atoms with Crippen LogP contribution in [0.5, 0.6) is 0 Å². The normalized spacial score (nSPS) is 11.1. The summed E-state index contributed by atoms with van der Waals surface area (Å²) in [7, 11) is 0. The number of amides is 1. The molecule has 5 nitrogen and oxygen atoms in total. The van der Waals surface area contributed by atoms with E-state index in [0.717, 1.165) is 26.2 Å². The van der Waals surface area contributed by atoms with Crippen LogP contribution in [0, 0.1) is 0 Å². The highest BCUT2D eigenvalue weighted by Crippen LogP contribution is 2.30. The Balaban J connectivity index is 1.19. The van der Waals surface area contributed by atoms with E-state index in [4.69, 9.17) is 4.42 Å². The molecule has 0 aliphatic heterocycles. The molecule has 6 aromatic rings. The van der Waals surface area contributed by atoms with Gasteiger partial charge in [0.25, 0.3) is 5.91 Å². The van der Waals surface area contributed by atoms with Crippen molar-refractivity contribution in [3.05, 3.63) is 119 Å². The molecular formula is C29H18N2O3S. The average Bonchev–Trinajstić information content (AvgIpc) is 3.33. The number of anilines is 1. The predicted molar refractivity (Wildman–Crippen MR) is 141 cm³/mol. The fourth-order valence-electron chi connectivity index (χ4n) is 3.96. The van der Waals surface area contributed by atoms with Gasteiger partial charge in [0.15, 0.2) is 0 Å². The van der Waals surface area contributed by atoms with Gasteiger partial charge in [0, 0.05) is 22.2 Å². The zero-order chi connectivity index (χ0) is 23.8. The van der Waals surface area contributed by atoms with Crippen LogP contribution in [0.2, 0.25) is 0 Å². The summed E-state index contributed by atoms with van der Waals surface area (Å²) in [6.45, 7) is 0. The van der Waals surface area contributed by atoms with Gasteiger partial charge in [0.2, 0.25) is 0 Å². The number of aromatic nitrogens is 1. The van der Waals surface area contributed by atoms with Crippen molar-refractivity contribution in [3.63, 3.8) is 0 Å². The highest BCUT2D eigenvalue weighted by molar-refractivity contribution is 7.21. The Morgan fingerprint density at radius 3 is 2.31 bits per heavy atom. The summed E-state index contributed by atoms with van der Waals surface area (Å²) in [6, 6.07) is 31.8. The summed E-state index contributed by atoms with van der Waals surface area (Å²) in [5, 5.41) is 4.71. The molecular weight excluding hydrogens is 456 g/mol. The summed E-state index contributed by atoms with van der Waals surface area (Å²) in [6.07, 6.45) is 0. The molecule has 2 heterocycles. The van der Waals surface area contributed by atoms with Gasteiger partial charge < -0.3 is 9.73 Å². The van der Waals surface area contributed by atoms with E-state index < -0.39 is 5.63 Å². The number of benzene rings is 4. The molecule has 0 atom stereocenters. The molecule has 0 saturated carbocycles. The second-order valence-corrected chi connectivity index (χ2v) is 9.11. The molecule has 0 unspecified atom stereocenters. The first-order valence-corrected chi connectivity index (χ1v) is 11.9. The molecule has 6 heteroatoms. The number of thiazole rings is 1. The molecule has 0 aliphatic rings. The number of hydrogen-bond acceptors (Lipinski definition) is 5. The summed E-state index contributed by atoms with van der Waals surface area (Å²) < 4.78 is 6.57. The number of nitrogens with zero attached hydrogens (tertiary/aromatic N) is 1. The number of para-hydroxylation sites is 2. The third-order valence-electron chi connectivity index (χ3n) is 5.78. The topological polar surface area (TPSA) is 72.2 Å². The summed E-state index contributed by atoms with van der Waals surface area (Å²) in [5.74, 6) is -0.227. The van der Waals surface area contributed by atoms with Crippen molar-refractivity contribution in [2.45, 2.75) is 0 Å². The zero-order valence-electron chi connectivity index (χ0n) is 18.4. The first kappa shape index (κ1) is 21.0. The standard InChI is InChI=1S/C29H18N2O3S/c32-27(30-22-15-13-20(14-16-22)28-31-24-6-2-4-8-26(24)35-28)19-11-9-18(10-12-19)23-17-21-5-1-3-7-25(21)34-29(23)33/h1-17H,(H,30,32). The molecule has 0 saturated heterocycles. The minimum Gasteiger partial charge on any atom is -0.422 e. The predicted octanol–water partition coefficient (Wildman–Crippen LogP) is 6.99. The number of rotatable bonds is 4. The van der Waals surface area contributed by atoms with E-state index in [1.165, 1.54) is 0 Å². The Morgan fingerprint density at radius 1 is 0.800 bits per heavy atom. The van der Waals surface area contributed by atoms with Gasteiger partial charge in [-0.25, -0.2) is 9.78 Å². The maximum Gasteiger partial charge on any atom is 0.344 e. The molecule has 0 aliphatic carbocycles. The lowest BCUT2D eigenvalue weighted by Gasteiger charge is -2.07.